The second-order valence-electron chi connectivity index (χ2n) is 8.80. The Kier molecular flexibility index (Phi) is 7.01. The van der Waals surface area contributed by atoms with Gasteiger partial charge < -0.3 is 15.3 Å². The lowest BCUT2D eigenvalue weighted by molar-refractivity contribution is 0.0971. The molecule has 0 radical (unpaired) electrons. The predicted octanol–water partition coefficient (Wildman–Crippen LogP) is 4.06. The number of sulfonamides is 1. The number of nitrogens with two attached hydrogens (primary N) is 1. The van der Waals surface area contributed by atoms with Crippen molar-refractivity contribution in [1.82, 2.24) is 14.3 Å². The molecule has 0 bridgehead atoms. The molecule has 0 aliphatic carbocycles. The highest BCUT2D eigenvalue weighted by molar-refractivity contribution is 7.90. The standard InChI is InChI=1S/C28H20ClFN4O5S/c29-18-10-11-23-21(14-18)24(20-8-4-12-32-27(20)36)25(34(23)15-17-5-1-2-9-22(17)30)28(37)33-40(38,39)19-7-3-6-16(13-19)26(31)35/h1-14H,15H2,(H2,31,35)(H,32,36)(H,33,37). The Labute approximate surface area is 232 Å². The first-order valence-electron chi connectivity index (χ1n) is 11.8. The van der Waals surface area contributed by atoms with Crippen molar-refractivity contribution >= 4 is 44.3 Å². The number of hydrogen-bond acceptors (Lipinski definition) is 5. The van der Waals surface area contributed by atoms with Crippen LogP contribution in [0, 0.1) is 5.82 Å². The number of carbonyl (C=O) groups is 2. The number of amides is 2. The molecule has 0 saturated carbocycles. The van der Waals surface area contributed by atoms with Crippen molar-refractivity contribution in [3.63, 3.8) is 0 Å². The summed E-state index contributed by atoms with van der Waals surface area (Å²) >= 11 is 6.28. The number of H-pyrrole nitrogens is 1. The summed E-state index contributed by atoms with van der Waals surface area (Å²) in [7, 11) is -4.52. The van der Waals surface area contributed by atoms with Gasteiger partial charge in [0.05, 0.1) is 11.4 Å². The van der Waals surface area contributed by atoms with E-state index in [1.807, 2.05) is 4.72 Å². The molecule has 3 aromatic carbocycles. The van der Waals surface area contributed by atoms with Gasteiger partial charge in [-0.2, -0.15) is 0 Å². The van der Waals surface area contributed by atoms with E-state index < -0.39 is 33.2 Å². The molecule has 0 aliphatic rings. The van der Waals surface area contributed by atoms with Gasteiger partial charge in [0.25, 0.3) is 21.5 Å². The van der Waals surface area contributed by atoms with Crippen molar-refractivity contribution in [3.8, 4) is 11.1 Å². The summed E-state index contributed by atoms with van der Waals surface area (Å²) in [6.45, 7) is -0.171. The molecule has 0 spiro atoms. The molecule has 202 valence electrons. The SMILES string of the molecule is NC(=O)c1cccc(S(=O)(=O)NC(=O)c2c(-c3ccc[nH]c3=O)c3cc(Cl)ccc3n2Cc2ccccc2F)c1. The van der Waals surface area contributed by atoms with Crippen LogP contribution in [0.3, 0.4) is 0 Å². The Morgan fingerprint density at radius 2 is 1.77 bits per heavy atom. The third-order valence-corrected chi connectivity index (χ3v) is 7.83. The van der Waals surface area contributed by atoms with Crippen LogP contribution in [0.2, 0.25) is 5.02 Å². The lowest BCUT2D eigenvalue weighted by atomic mass is 10.0. The van der Waals surface area contributed by atoms with Gasteiger partial charge in [0.15, 0.2) is 0 Å². The average molecular weight is 579 g/mol. The first kappa shape index (κ1) is 26.9. The smallest absolute Gasteiger partial charge is 0.282 e. The number of carbonyl (C=O) groups excluding carboxylic acids is 2. The van der Waals surface area contributed by atoms with Gasteiger partial charge in [0.2, 0.25) is 5.91 Å². The second kappa shape index (κ2) is 10.4. The minimum absolute atomic E-state index is 0.0697. The lowest BCUT2D eigenvalue weighted by Crippen LogP contribution is -2.33. The van der Waals surface area contributed by atoms with Gasteiger partial charge >= 0.3 is 0 Å². The molecule has 5 aromatic rings. The molecular formula is C28H20ClFN4O5S. The maximum atomic E-state index is 14.7. The summed E-state index contributed by atoms with van der Waals surface area (Å²) in [6.07, 6.45) is 1.41. The Hall–Kier alpha value is -4.74. The van der Waals surface area contributed by atoms with Crippen LogP contribution in [0.15, 0.2) is 94.7 Å². The first-order valence-corrected chi connectivity index (χ1v) is 13.6. The van der Waals surface area contributed by atoms with Crippen LogP contribution >= 0.6 is 11.6 Å². The van der Waals surface area contributed by atoms with Gasteiger partial charge in [-0.1, -0.05) is 35.9 Å². The van der Waals surface area contributed by atoms with E-state index in [0.29, 0.717) is 15.9 Å². The molecule has 9 nitrogen and oxygen atoms in total. The first-order chi connectivity index (χ1) is 19.1. The molecule has 0 saturated heterocycles. The molecule has 5 rings (SSSR count). The van der Waals surface area contributed by atoms with Gasteiger partial charge in [-0.15, -0.1) is 0 Å². The van der Waals surface area contributed by atoms with Crippen molar-refractivity contribution in [2.75, 3.05) is 0 Å². The van der Waals surface area contributed by atoms with E-state index in [4.69, 9.17) is 17.3 Å². The molecule has 0 unspecified atom stereocenters. The molecule has 12 heteroatoms. The summed E-state index contributed by atoms with van der Waals surface area (Å²) in [5.74, 6) is -2.48. The normalized spacial score (nSPS) is 11.4. The van der Waals surface area contributed by atoms with Crippen molar-refractivity contribution < 1.29 is 22.4 Å². The number of aromatic amines is 1. The lowest BCUT2D eigenvalue weighted by Gasteiger charge is -2.14. The van der Waals surface area contributed by atoms with E-state index in [0.717, 1.165) is 6.07 Å². The van der Waals surface area contributed by atoms with Gasteiger partial charge in [0, 0.05) is 44.4 Å². The maximum absolute atomic E-state index is 14.7. The van der Waals surface area contributed by atoms with Crippen LogP contribution in [0.1, 0.15) is 26.4 Å². The van der Waals surface area contributed by atoms with Crippen molar-refractivity contribution in [3.05, 3.63) is 123 Å². The fourth-order valence-corrected chi connectivity index (χ4v) is 5.63. The number of nitrogens with one attached hydrogen (secondary N) is 2. The molecule has 0 atom stereocenters. The maximum Gasteiger partial charge on any atom is 0.282 e. The Balaban J connectivity index is 1.75. The number of rotatable bonds is 7. The highest BCUT2D eigenvalue weighted by Crippen LogP contribution is 2.36. The van der Waals surface area contributed by atoms with Crippen molar-refractivity contribution in [2.45, 2.75) is 11.4 Å². The largest absolute Gasteiger partial charge is 0.366 e. The van der Waals surface area contributed by atoms with Crippen LogP contribution in [-0.2, 0) is 16.6 Å². The summed E-state index contributed by atoms with van der Waals surface area (Å²) < 4.78 is 44.7. The zero-order valence-corrected chi connectivity index (χ0v) is 22.1. The average Bonchev–Trinajstić information content (AvgIpc) is 3.23. The second-order valence-corrected chi connectivity index (χ2v) is 10.9. The molecule has 0 aliphatic heterocycles. The highest BCUT2D eigenvalue weighted by Gasteiger charge is 2.29. The molecule has 4 N–H and O–H groups in total. The summed E-state index contributed by atoms with van der Waals surface area (Å²) in [6, 6.07) is 18.5. The highest BCUT2D eigenvalue weighted by atomic mass is 35.5. The van der Waals surface area contributed by atoms with Crippen LogP contribution in [0.5, 0.6) is 0 Å². The molecular weight excluding hydrogens is 559 g/mol. The minimum Gasteiger partial charge on any atom is -0.366 e. The zero-order chi connectivity index (χ0) is 28.6. The fourth-order valence-electron chi connectivity index (χ4n) is 4.46. The number of aromatic nitrogens is 2. The molecule has 0 fully saturated rings. The fraction of sp³-hybridized carbons (Fsp3) is 0.0357. The van der Waals surface area contributed by atoms with Crippen LogP contribution in [-0.4, -0.2) is 29.8 Å². The van der Waals surface area contributed by atoms with E-state index in [9.17, 15) is 27.2 Å². The summed E-state index contributed by atoms with van der Waals surface area (Å²) in [5, 5.41) is 0.672. The number of primary amides is 1. The monoisotopic (exact) mass is 578 g/mol. The Bertz CT molecular complexity index is 1980. The number of halogens is 2. The molecule has 2 heterocycles. The third kappa shape index (κ3) is 4.99. The summed E-state index contributed by atoms with van der Waals surface area (Å²) in [5.41, 5.74) is 5.24. The zero-order valence-electron chi connectivity index (χ0n) is 20.5. The van der Waals surface area contributed by atoms with E-state index in [1.54, 1.807) is 24.3 Å². The quantitative estimate of drug-likeness (QED) is 0.267. The van der Waals surface area contributed by atoms with Crippen molar-refractivity contribution in [1.29, 1.82) is 0 Å². The van der Waals surface area contributed by atoms with Crippen molar-refractivity contribution in [2.24, 2.45) is 5.73 Å². The predicted molar refractivity (Wildman–Crippen MR) is 148 cm³/mol. The minimum atomic E-state index is -4.52. The number of nitrogens with zero attached hydrogens (tertiary/aromatic N) is 1. The van der Waals surface area contributed by atoms with Gasteiger partial charge in [-0.3, -0.25) is 14.4 Å². The van der Waals surface area contributed by atoms with E-state index in [-0.39, 0.29) is 39.4 Å². The van der Waals surface area contributed by atoms with E-state index >= 15 is 0 Å². The Morgan fingerprint density at radius 1 is 1.00 bits per heavy atom. The molecule has 40 heavy (non-hydrogen) atoms. The van der Waals surface area contributed by atoms with Gasteiger partial charge in [0.1, 0.15) is 11.5 Å². The number of hydrogen-bond donors (Lipinski definition) is 3. The number of fused-ring (bicyclic) bond motifs is 1. The molecule has 2 amide bonds. The Morgan fingerprint density at radius 3 is 2.50 bits per heavy atom. The summed E-state index contributed by atoms with van der Waals surface area (Å²) in [4.78, 5) is 40.5. The molecule has 2 aromatic heterocycles. The van der Waals surface area contributed by atoms with E-state index in [2.05, 4.69) is 4.98 Å². The van der Waals surface area contributed by atoms with Crippen LogP contribution in [0.4, 0.5) is 4.39 Å². The van der Waals surface area contributed by atoms with E-state index in [1.165, 1.54) is 59.3 Å². The van der Waals surface area contributed by atoms with Crippen LogP contribution in [0.25, 0.3) is 22.0 Å². The van der Waals surface area contributed by atoms with Crippen LogP contribution < -0.4 is 16.0 Å². The third-order valence-electron chi connectivity index (χ3n) is 6.27. The topological polar surface area (TPSA) is 144 Å². The number of pyridine rings is 1. The number of benzene rings is 3. The van der Waals surface area contributed by atoms with Gasteiger partial charge in [-0.05, 0) is 54.6 Å². The van der Waals surface area contributed by atoms with Gasteiger partial charge in [-0.25, -0.2) is 17.5 Å².